The third-order valence-corrected chi connectivity index (χ3v) is 4.72. The second kappa shape index (κ2) is 6.10. The maximum atomic E-state index is 13.2. The van der Waals surface area contributed by atoms with Crippen LogP contribution in [0.5, 0.6) is 0 Å². The lowest BCUT2D eigenvalue weighted by atomic mass is 10.0. The van der Waals surface area contributed by atoms with E-state index in [1.54, 1.807) is 23.9 Å². The number of rotatable bonds is 3. The van der Waals surface area contributed by atoms with Crippen LogP contribution in [-0.2, 0) is 7.05 Å². The smallest absolute Gasteiger partial charge is 0.177 e. The molecule has 0 saturated carbocycles. The number of nitrogens with zero attached hydrogens (tertiary/aromatic N) is 1. The van der Waals surface area contributed by atoms with Crippen molar-refractivity contribution >= 4 is 24.0 Å². The molecule has 0 atom stereocenters. The molecule has 1 heterocycles. The molecule has 0 aliphatic rings. The van der Waals surface area contributed by atoms with Gasteiger partial charge in [-0.1, -0.05) is 12.1 Å². The van der Waals surface area contributed by atoms with Crippen molar-refractivity contribution in [2.24, 2.45) is 7.05 Å². The number of imidazole rings is 1. The van der Waals surface area contributed by atoms with Crippen molar-refractivity contribution in [3.63, 3.8) is 0 Å². The molecule has 5 heteroatoms. The monoisotopic (exact) mass is 330 g/mol. The highest BCUT2D eigenvalue weighted by molar-refractivity contribution is 7.98. The summed E-state index contributed by atoms with van der Waals surface area (Å²) in [5.74, 6) is -0.244. The Morgan fingerprint density at radius 3 is 2.18 bits per heavy atom. The lowest BCUT2D eigenvalue weighted by Crippen LogP contribution is -1.93. The van der Waals surface area contributed by atoms with Crippen molar-refractivity contribution < 1.29 is 4.39 Å². The fraction of sp³-hybridized carbons (Fsp3) is 0.118. The van der Waals surface area contributed by atoms with Crippen LogP contribution in [0.15, 0.2) is 53.4 Å². The molecule has 0 aliphatic heterocycles. The van der Waals surface area contributed by atoms with Gasteiger partial charge in [0, 0.05) is 23.1 Å². The average Bonchev–Trinajstić information content (AvgIpc) is 2.84. The van der Waals surface area contributed by atoms with Gasteiger partial charge in [0.1, 0.15) is 5.82 Å². The minimum absolute atomic E-state index is 0.244. The normalized spacial score (nSPS) is 10.9. The van der Waals surface area contributed by atoms with E-state index in [4.69, 9.17) is 12.2 Å². The van der Waals surface area contributed by atoms with Gasteiger partial charge in [0.25, 0.3) is 0 Å². The minimum atomic E-state index is -0.244. The second-order valence-electron chi connectivity index (χ2n) is 4.95. The van der Waals surface area contributed by atoms with Crippen molar-refractivity contribution in [2.75, 3.05) is 6.26 Å². The molecule has 112 valence electrons. The van der Waals surface area contributed by atoms with Crippen molar-refractivity contribution in [3.8, 4) is 22.5 Å². The van der Waals surface area contributed by atoms with Crippen LogP contribution in [0.25, 0.3) is 22.5 Å². The number of hydrogen-bond acceptors (Lipinski definition) is 2. The molecule has 0 bridgehead atoms. The fourth-order valence-corrected chi connectivity index (χ4v) is 3.03. The van der Waals surface area contributed by atoms with Gasteiger partial charge in [0.05, 0.1) is 11.4 Å². The van der Waals surface area contributed by atoms with Gasteiger partial charge < -0.3 is 9.55 Å². The Bertz CT molecular complexity index is 846. The van der Waals surface area contributed by atoms with Crippen LogP contribution in [-0.4, -0.2) is 15.8 Å². The number of hydrogen-bond donors (Lipinski definition) is 1. The first-order chi connectivity index (χ1) is 10.6. The molecule has 2 aromatic carbocycles. The number of H-pyrrole nitrogens is 1. The molecule has 3 rings (SSSR count). The molecule has 0 saturated heterocycles. The van der Waals surface area contributed by atoms with Crippen LogP contribution < -0.4 is 0 Å². The molecule has 0 fully saturated rings. The number of thioether (sulfide) groups is 1. The Balaban J connectivity index is 2.17. The quantitative estimate of drug-likeness (QED) is 0.521. The van der Waals surface area contributed by atoms with Crippen LogP contribution in [0.2, 0.25) is 0 Å². The molecule has 1 N–H and O–H groups in total. The van der Waals surface area contributed by atoms with Crippen molar-refractivity contribution in [1.29, 1.82) is 0 Å². The van der Waals surface area contributed by atoms with Gasteiger partial charge in [0.2, 0.25) is 0 Å². The number of halogens is 1. The van der Waals surface area contributed by atoms with Crippen molar-refractivity contribution in [3.05, 3.63) is 59.1 Å². The van der Waals surface area contributed by atoms with Crippen LogP contribution in [0, 0.1) is 10.6 Å². The molecule has 0 amide bonds. The third kappa shape index (κ3) is 2.74. The summed E-state index contributed by atoms with van der Waals surface area (Å²) in [4.78, 5) is 4.47. The summed E-state index contributed by atoms with van der Waals surface area (Å²) in [5, 5.41) is 0. The maximum Gasteiger partial charge on any atom is 0.177 e. The van der Waals surface area contributed by atoms with Gasteiger partial charge in [-0.3, -0.25) is 0 Å². The van der Waals surface area contributed by atoms with Crippen LogP contribution in [0.3, 0.4) is 0 Å². The van der Waals surface area contributed by atoms with E-state index >= 15 is 0 Å². The molecule has 0 aliphatic carbocycles. The predicted octanol–water partition coefficient (Wildman–Crippen LogP) is 5.28. The molecule has 0 unspecified atom stereocenters. The first-order valence-corrected chi connectivity index (χ1v) is 8.43. The van der Waals surface area contributed by atoms with E-state index in [9.17, 15) is 4.39 Å². The van der Waals surface area contributed by atoms with Gasteiger partial charge in [0.15, 0.2) is 4.77 Å². The minimum Gasteiger partial charge on any atom is -0.330 e. The van der Waals surface area contributed by atoms with Gasteiger partial charge in [-0.25, -0.2) is 4.39 Å². The van der Waals surface area contributed by atoms with E-state index in [2.05, 4.69) is 35.5 Å². The van der Waals surface area contributed by atoms with E-state index in [1.807, 2.05) is 11.6 Å². The summed E-state index contributed by atoms with van der Waals surface area (Å²) in [5.41, 5.74) is 3.90. The SMILES string of the molecule is CSc1ccc(-c2[nH]c(=S)n(C)c2-c2ccc(F)cc2)cc1. The number of aromatic nitrogens is 2. The van der Waals surface area contributed by atoms with Gasteiger partial charge >= 0.3 is 0 Å². The van der Waals surface area contributed by atoms with Crippen LogP contribution >= 0.6 is 24.0 Å². The highest BCUT2D eigenvalue weighted by atomic mass is 32.2. The van der Waals surface area contributed by atoms with Crippen LogP contribution in [0.4, 0.5) is 4.39 Å². The van der Waals surface area contributed by atoms with Gasteiger partial charge in [-0.05, 0) is 54.9 Å². The van der Waals surface area contributed by atoms with E-state index < -0.39 is 0 Å². The molecular formula is C17H15FN2S2. The van der Waals surface area contributed by atoms with E-state index in [-0.39, 0.29) is 5.82 Å². The van der Waals surface area contributed by atoms with Crippen molar-refractivity contribution in [1.82, 2.24) is 9.55 Å². The highest BCUT2D eigenvalue weighted by Gasteiger charge is 2.13. The number of aromatic amines is 1. The largest absolute Gasteiger partial charge is 0.330 e. The predicted molar refractivity (Wildman–Crippen MR) is 93.2 cm³/mol. The standard InChI is InChI=1S/C17H15FN2S2/c1-20-16(12-3-7-13(18)8-4-12)15(19-17(20)21)11-5-9-14(22-2)10-6-11/h3-10H,1-2H3,(H,19,21). The molecule has 2 nitrogen and oxygen atoms in total. The molecule has 0 radical (unpaired) electrons. The summed E-state index contributed by atoms with van der Waals surface area (Å²) in [6, 6.07) is 14.8. The zero-order valence-corrected chi connectivity index (χ0v) is 13.9. The summed E-state index contributed by atoms with van der Waals surface area (Å²) < 4.78 is 15.7. The van der Waals surface area contributed by atoms with E-state index in [0.717, 1.165) is 22.5 Å². The molecule has 3 aromatic rings. The lowest BCUT2D eigenvalue weighted by Gasteiger charge is -2.08. The van der Waals surface area contributed by atoms with Crippen molar-refractivity contribution in [2.45, 2.75) is 4.90 Å². The number of nitrogens with one attached hydrogen (secondary N) is 1. The lowest BCUT2D eigenvalue weighted by molar-refractivity contribution is 0.628. The summed E-state index contributed by atoms with van der Waals surface area (Å²) in [6.45, 7) is 0. The molecule has 22 heavy (non-hydrogen) atoms. The zero-order chi connectivity index (χ0) is 15.7. The Hall–Kier alpha value is -1.85. The average molecular weight is 330 g/mol. The third-order valence-electron chi connectivity index (χ3n) is 3.61. The summed E-state index contributed by atoms with van der Waals surface area (Å²) in [6.07, 6.45) is 2.05. The molecular weight excluding hydrogens is 315 g/mol. The Kier molecular flexibility index (Phi) is 4.18. The highest BCUT2D eigenvalue weighted by Crippen LogP contribution is 2.32. The molecule has 1 aromatic heterocycles. The maximum absolute atomic E-state index is 13.2. The molecule has 0 spiro atoms. The van der Waals surface area contributed by atoms with E-state index in [1.165, 1.54) is 17.0 Å². The topological polar surface area (TPSA) is 20.7 Å². The van der Waals surface area contributed by atoms with E-state index in [0.29, 0.717) is 4.77 Å². The first kappa shape index (κ1) is 15.1. The van der Waals surface area contributed by atoms with Crippen LogP contribution in [0.1, 0.15) is 0 Å². The first-order valence-electron chi connectivity index (χ1n) is 6.79. The zero-order valence-electron chi connectivity index (χ0n) is 12.3. The second-order valence-corrected chi connectivity index (χ2v) is 6.21. The van der Waals surface area contributed by atoms with Gasteiger partial charge in [-0.2, -0.15) is 0 Å². The fourth-order valence-electron chi connectivity index (χ4n) is 2.43. The Morgan fingerprint density at radius 2 is 1.59 bits per heavy atom. The van der Waals surface area contributed by atoms with Gasteiger partial charge in [-0.15, -0.1) is 11.8 Å². The summed E-state index contributed by atoms with van der Waals surface area (Å²) in [7, 11) is 1.91. The Labute approximate surface area is 138 Å². The number of benzene rings is 2. The Morgan fingerprint density at radius 1 is 1.00 bits per heavy atom. The summed E-state index contributed by atoms with van der Waals surface area (Å²) >= 11 is 7.07.